The number of nitro groups is 1. The van der Waals surface area contributed by atoms with E-state index in [1.54, 1.807) is 24.3 Å². The highest BCUT2D eigenvalue weighted by Gasteiger charge is 2.27. The highest BCUT2D eigenvalue weighted by Crippen LogP contribution is 2.28. The van der Waals surface area contributed by atoms with Crippen LogP contribution >= 0.6 is 11.6 Å². The lowest BCUT2D eigenvalue weighted by Crippen LogP contribution is -2.30. The van der Waals surface area contributed by atoms with Gasteiger partial charge in [-0.2, -0.15) is 0 Å². The quantitative estimate of drug-likeness (QED) is 0.346. The van der Waals surface area contributed by atoms with Gasteiger partial charge in [-0.1, -0.05) is 28.2 Å². The molecule has 29 heavy (non-hydrogen) atoms. The van der Waals surface area contributed by atoms with Crippen molar-refractivity contribution in [3.63, 3.8) is 0 Å². The predicted octanol–water partition coefficient (Wildman–Crippen LogP) is 2.27. The van der Waals surface area contributed by atoms with Gasteiger partial charge >= 0.3 is 0 Å². The monoisotopic (exact) mass is 442 g/mol. The molecule has 12 heteroatoms. The summed E-state index contributed by atoms with van der Waals surface area (Å²) < 4.78 is 25.7. The predicted molar refractivity (Wildman–Crippen MR) is 107 cm³/mol. The molecule has 0 heterocycles. The van der Waals surface area contributed by atoms with Gasteiger partial charge < -0.3 is 10.6 Å². The SMILES string of the molecule is CON(C)S(=O)(=O)c1cc([N+](=O)[O-])ccc1NCCNC(=O)c1ccccc1Cl. The number of anilines is 1. The number of non-ortho nitro benzene ring substituents is 1. The Morgan fingerprint density at radius 3 is 2.55 bits per heavy atom. The van der Waals surface area contributed by atoms with Crippen LogP contribution in [0.3, 0.4) is 0 Å². The van der Waals surface area contributed by atoms with Gasteiger partial charge in [0.25, 0.3) is 21.6 Å². The molecule has 0 radical (unpaired) electrons. The van der Waals surface area contributed by atoms with Crippen molar-refractivity contribution in [3.05, 3.63) is 63.2 Å². The molecular formula is C17H19ClN4O6S. The zero-order chi connectivity index (χ0) is 21.6. The number of benzene rings is 2. The molecule has 0 spiro atoms. The molecule has 2 rings (SSSR count). The minimum Gasteiger partial charge on any atom is -0.382 e. The summed E-state index contributed by atoms with van der Waals surface area (Å²) in [7, 11) is -1.81. The summed E-state index contributed by atoms with van der Waals surface area (Å²) in [5, 5.41) is 16.8. The number of halogens is 1. The lowest BCUT2D eigenvalue weighted by molar-refractivity contribution is -0.385. The van der Waals surface area contributed by atoms with Crippen molar-refractivity contribution in [2.45, 2.75) is 4.90 Å². The fraction of sp³-hybridized carbons (Fsp3) is 0.235. The Morgan fingerprint density at radius 2 is 1.93 bits per heavy atom. The van der Waals surface area contributed by atoms with Gasteiger partial charge in [-0.3, -0.25) is 19.7 Å². The smallest absolute Gasteiger partial charge is 0.270 e. The topological polar surface area (TPSA) is 131 Å². The minimum absolute atomic E-state index is 0.131. The number of rotatable bonds is 9. The van der Waals surface area contributed by atoms with E-state index < -0.39 is 14.9 Å². The van der Waals surface area contributed by atoms with Gasteiger partial charge in [0, 0.05) is 32.3 Å². The number of carbonyl (C=O) groups is 1. The van der Waals surface area contributed by atoms with Gasteiger partial charge in [0.1, 0.15) is 4.90 Å². The van der Waals surface area contributed by atoms with Gasteiger partial charge in [-0.25, -0.2) is 8.42 Å². The molecular weight excluding hydrogens is 424 g/mol. The number of nitrogens with zero attached hydrogens (tertiary/aromatic N) is 2. The molecule has 2 N–H and O–H groups in total. The first kappa shape index (κ1) is 22.6. The van der Waals surface area contributed by atoms with Crippen LogP contribution in [0.1, 0.15) is 10.4 Å². The number of hydrogen-bond donors (Lipinski definition) is 2. The van der Waals surface area contributed by atoms with Crippen LogP contribution in [0, 0.1) is 10.1 Å². The van der Waals surface area contributed by atoms with Crippen LogP contribution in [0.2, 0.25) is 5.02 Å². The van der Waals surface area contributed by atoms with Crippen molar-refractivity contribution in [2.75, 3.05) is 32.6 Å². The van der Waals surface area contributed by atoms with E-state index in [0.29, 0.717) is 15.1 Å². The molecule has 0 aromatic heterocycles. The number of sulfonamides is 1. The van der Waals surface area contributed by atoms with E-state index in [1.165, 1.54) is 19.2 Å². The number of nitrogens with one attached hydrogen (secondary N) is 2. The molecule has 0 bridgehead atoms. The summed E-state index contributed by atoms with van der Waals surface area (Å²) in [6.07, 6.45) is 0. The third-order valence-corrected chi connectivity index (χ3v) is 5.94. The van der Waals surface area contributed by atoms with Crippen molar-refractivity contribution in [1.82, 2.24) is 9.79 Å². The molecule has 156 valence electrons. The highest BCUT2D eigenvalue weighted by molar-refractivity contribution is 7.89. The zero-order valence-electron chi connectivity index (χ0n) is 15.6. The maximum Gasteiger partial charge on any atom is 0.270 e. The van der Waals surface area contributed by atoms with Gasteiger partial charge in [-0.05, 0) is 18.2 Å². The van der Waals surface area contributed by atoms with Crippen molar-refractivity contribution >= 4 is 38.9 Å². The van der Waals surface area contributed by atoms with E-state index in [2.05, 4.69) is 10.6 Å². The number of amides is 1. The fourth-order valence-corrected chi connectivity index (χ4v) is 3.72. The number of carbonyl (C=O) groups excluding carboxylic acids is 1. The second-order valence-electron chi connectivity index (χ2n) is 5.70. The summed E-state index contributed by atoms with van der Waals surface area (Å²) in [6, 6.07) is 9.95. The first-order valence-electron chi connectivity index (χ1n) is 8.26. The normalized spacial score (nSPS) is 11.3. The van der Waals surface area contributed by atoms with Crippen LogP contribution < -0.4 is 10.6 Å². The zero-order valence-corrected chi connectivity index (χ0v) is 17.2. The van der Waals surface area contributed by atoms with Crippen molar-refractivity contribution in [2.24, 2.45) is 0 Å². The Morgan fingerprint density at radius 1 is 1.24 bits per heavy atom. The molecule has 0 saturated carbocycles. The standard InChI is InChI=1S/C17H19ClN4O6S/c1-21(28-2)29(26,27)16-11-12(22(24)25)7-8-15(16)19-9-10-20-17(23)13-5-3-4-6-14(13)18/h3-8,11,19H,9-10H2,1-2H3,(H,20,23). The average molecular weight is 443 g/mol. The summed E-state index contributed by atoms with van der Waals surface area (Å²) in [5.74, 6) is -0.381. The molecule has 0 atom stereocenters. The summed E-state index contributed by atoms with van der Waals surface area (Å²) in [4.78, 5) is 26.8. The van der Waals surface area contributed by atoms with Gasteiger partial charge in [0.2, 0.25) is 0 Å². The van der Waals surface area contributed by atoms with Crippen LogP contribution in [0.4, 0.5) is 11.4 Å². The maximum atomic E-state index is 12.6. The average Bonchev–Trinajstić information content (AvgIpc) is 2.70. The van der Waals surface area contributed by atoms with Crippen LogP contribution in [-0.2, 0) is 14.9 Å². The molecule has 1 amide bonds. The largest absolute Gasteiger partial charge is 0.382 e. The summed E-state index contributed by atoms with van der Waals surface area (Å²) >= 11 is 5.97. The first-order valence-corrected chi connectivity index (χ1v) is 10.1. The van der Waals surface area contributed by atoms with Crippen LogP contribution in [0.5, 0.6) is 0 Å². The van der Waals surface area contributed by atoms with Gasteiger partial charge in [0.05, 0.1) is 28.3 Å². The molecule has 2 aromatic rings. The van der Waals surface area contributed by atoms with Gasteiger partial charge in [-0.15, -0.1) is 0 Å². The summed E-state index contributed by atoms with van der Waals surface area (Å²) in [5.41, 5.74) is 0.0617. The van der Waals surface area contributed by atoms with E-state index in [0.717, 1.165) is 13.2 Å². The first-order chi connectivity index (χ1) is 13.7. The second kappa shape index (κ2) is 9.65. The lowest BCUT2D eigenvalue weighted by atomic mass is 10.2. The molecule has 10 nitrogen and oxygen atoms in total. The summed E-state index contributed by atoms with van der Waals surface area (Å²) in [6.45, 7) is 0.313. The Hall–Kier alpha value is -2.73. The number of hydroxylamine groups is 1. The lowest BCUT2D eigenvalue weighted by Gasteiger charge is -2.17. The van der Waals surface area contributed by atoms with E-state index >= 15 is 0 Å². The number of hydrogen-bond acceptors (Lipinski definition) is 7. The Labute approximate surface area is 172 Å². The van der Waals surface area contributed by atoms with Gasteiger partial charge in [0.15, 0.2) is 0 Å². The molecule has 0 fully saturated rings. The third-order valence-electron chi connectivity index (χ3n) is 3.89. The Bertz CT molecular complexity index is 1010. The van der Waals surface area contributed by atoms with Crippen LogP contribution in [0.15, 0.2) is 47.4 Å². The molecule has 0 aliphatic heterocycles. The fourth-order valence-electron chi connectivity index (χ4n) is 2.33. The maximum absolute atomic E-state index is 12.6. The minimum atomic E-state index is -4.14. The molecule has 0 saturated heterocycles. The Balaban J connectivity index is 2.13. The van der Waals surface area contributed by atoms with E-state index in [-0.39, 0.29) is 35.3 Å². The van der Waals surface area contributed by atoms with Crippen LogP contribution in [0.25, 0.3) is 0 Å². The van der Waals surface area contributed by atoms with E-state index in [1.807, 2.05) is 0 Å². The van der Waals surface area contributed by atoms with Crippen molar-refractivity contribution in [3.8, 4) is 0 Å². The molecule has 2 aromatic carbocycles. The van der Waals surface area contributed by atoms with Crippen molar-refractivity contribution < 1.29 is 23.0 Å². The van der Waals surface area contributed by atoms with E-state index in [9.17, 15) is 23.3 Å². The molecule has 0 aliphatic carbocycles. The van der Waals surface area contributed by atoms with Crippen LogP contribution in [-0.4, -0.2) is 51.0 Å². The van der Waals surface area contributed by atoms with E-state index in [4.69, 9.17) is 16.4 Å². The highest BCUT2D eigenvalue weighted by atomic mass is 35.5. The molecule has 0 aliphatic rings. The van der Waals surface area contributed by atoms with Crippen molar-refractivity contribution in [1.29, 1.82) is 0 Å². The molecule has 0 unspecified atom stereocenters. The Kier molecular flexibility index (Phi) is 7.51. The third kappa shape index (κ3) is 5.41. The second-order valence-corrected chi connectivity index (χ2v) is 8.01. The number of nitro benzene ring substituents is 1.